The first-order valence-electron chi connectivity index (χ1n) is 10.1. The number of carbonyl (C=O) groups excluding carboxylic acids is 1. The Bertz CT molecular complexity index is 1170. The Morgan fingerprint density at radius 3 is 2.61 bits per heavy atom. The third kappa shape index (κ3) is 5.06. The van der Waals surface area contributed by atoms with Gasteiger partial charge >= 0.3 is 0 Å². The fraction of sp³-hybridized carbons (Fsp3) is 0.250. The Morgan fingerprint density at radius 1 is 1.23 bits per heavy atom. The molecule has 3 aromatic rings. The van der Waals surface area contributed by atoms with Gasteiger partial charge in [-0.05, 0) is 63.1 Å². The molecule has 0 aliphatic carbocycles. The van der Waals surface area contributed by atoms with Gasteiger partial charge in [0.05, 0.1) is 5.56 Å². The first-order chi connectivity index (χ1) is 14.8. The standard InChI is InChI=1S/C24H27N5O2/c1-14(2)28-22-10-18(17-6-5-7-26-12-17)9-19(20(22)11-25)23(30)27-13-21-15(3)8-16(4)29-24(21)31/h5-12,14,25,28H,13H2,1-4H3,(H,27,30)(H,29,31). The molecule has 0 radical (unpaired) electrons. The second-order valence-corrected chi connectivity index (χ2v) is 7.80. The summed E-state index contributed by atoms with van der Waals surface area (Å²) in [5, 5.41) is 14.1. The van der Waals surface area contributed by atoms with Crippen molar-refractivity contribution in [3.63, 3.8) is 0 Å². The highest BCUT2D eigenvalue weighted by molar-refractivity contribution is 6.06. The van der Waals surface area contributed by atoms with Gasteiger partial charge in [-0.1, -0.05) is 6.07 Å². The van der Waals surface area contributed by atoms with Crippen molar-refractivity contribution in [2.24, 2.45) is 0 Å². The van der Waals surface area contributed by atoms with Gasteiger partial charge < -0.3 is 21.0 Å². The van der Waals surface area contributed by atoms with E-state index in [0.717, 1.165) is 22.4 Å². The van der Waals surface area contributed by atoms with E-state index in [9.17, 15) is 9.59 Å². The van der Waals surface area contributed by atoms with E-state index >= 15 is 0 Å². The molecular weight excluding hydrogens is 390 g/mol. The van der Waals surface area contributed by atoms with Crippen molar-refractivity contribution in [1.82, 2.24) is 15.3 Å². The first kappa shape index (κ1) is 22.0. The van der Waals surface area contributed by atoms with Gasteiger partial charge in [-0.15, -0.1) is 0 Å². The van der Waals surface area contributed by atoms with E-state index in [0.29, 0.717) is 22.4 Å². The molecule has 1 aromatic carbocycles. The lowest BCUT2D eigenvalue weighted by Gasteiger charge is -2.18. The summed E-state index contributed by atoms with van der Waals surface area (Å²) in [6, 6.07) is 9.42. The van der Waals surface area contributed by atoms with Crippen LogP contribution in [0.15, 0.2) is 47.5 Å². The molecule has 2 heterocycles. The summed E-state index contributed by atoms with van der Waals surface area (Å²) in [5.41, 5.74) is 5.13. The quantitative estimate of drug-likeness (QED) is 0.438. The van der Waals surface area contributed by atoms with Gasteiger partial charge in [-0.3, -0.25) is 14.6 Å². The van der Waals surface area contributed by atoms with Crippen molar-refractivity contribution in [2.75, 3.05) is 5.32 Å². The van der Waals surface area contributed by atoms with Crippen molar-refractivity contribution in [2.45, 2.75) is 40.3 Å². The molecule has 0 saturated carbocycles. The molecule has 7 heteroatoms. The molecule has 2 aromatic heterocycles. The van der Waals surface area contributed by atoms with E-state index < -0.39 is 0 Å². The van der Waals surface area contributed by atoms with Crippen LogP contribution in [0.1, 0.15) is 46.6 Å². The number of aromatic amines is 1. The summed E-state index contributed by atoms with van der Waals surface area (Å²) in [6.45, 7) is 7.76. The van der Waals surface area contributed by atoms with Gasteiger partial charge in [-0.25, -0.2) is 0 Å². The molecule has 7 nitrogen and oxygen atoms in total. The minimum atomic E-state index is -0.351. The minimum absolute atomic E-state index is 0.0990. The van der Waals surface area contributed by atoms with Gasteiger partial charge in [0.1, 0.15) is 0 Å². The lowest BCUT2D eigenvalue weighted by Crippen LogP contribution is -2.29. The van der Waals surface area contributed by atoms with Crippen LogP contribution in [0.4, 0.5) is 5.69 Å². The predicted octanol–water partition coefficient (Wildman–Crippen LogP) is 3.80. The molecule has 0 saturated heterocycles. The van der Waals surface area contributed by atoms with Crippen LogP contribution in [0.25, 0.3) is 11.1 Å². The van der Waals surface area contributed by atoms with E-state index in [2.05, 4.69) is 20.6 Å². The molecule has 3 rings (SSSR count). The van der Waals surface area contributed by atoms with Crippen LogP contribution in [-0.4, -0.2) is 28.1 Å². The summed E-state index contributed by atoms with van der Waals surface area (Å²) < 4.78 is 0. The van der Waals surface area contributed by atoms with Crippen LogP contribution >= 0.6 is 0 Å². The van der Waals surface area contributed by atoms with Crippen molar-refractivity contribution < 1.29 is 4.79 Å². The van der Waals surface area contributed by atoms with Crippen LogP contribution in [0, 0.1) is 19.3 Å². The number of rotatable bonds is 7. The molecule has 0 aliphatic heterocycles. The number of amides is 1. The number of pyridine rings is 2. The predicted molar refractivity (Wildman–Crippen MR) is 124 cm³/mol. The number of aromatic nitrogens is 2. The number of benzene rings is 1. The average Bonchev–Trinajstić information content (AvgIpc) is 2.72. The molecule has 0 unspecified atom stereocenters. The third-order valence-electron chi connectivity index (χ3n) is 4.93. The molecule has 1 amide bonds. The van der Waals surface area contributed by atoms with Crippen molar-refractivity contribution in [3.05, 3.63) is 81.0 Å². The Kier molecular flexibility index (Phi) is 6.65. The molecule has 0 bridgehead atoms. The van der Waals surface area contributed by atoms with Crippen LogP contribution in [0.3, 0.4) is 0 Å². The molecule has 0 aliphatic rings. The van der Waals surface area contributed by atoms with Gasteiger partial charge in [0.15, 0.2) is 0 Å². The highest BCUT2D eigenvalue weighted by Gasteiger charge is 2.18. The zero-order chi connectivity index (χ0) is 22.5. The average molecular weight is 418 g/mol. The number of nitrogens with zero attached hydrogens (tertiary/aromatic N) is 1. The monoisotopic (exact) mass is 417 g/mol. The van der Waals surface area contributed by atoms with Gasteiger partial charge in [0, 0.05) is 59.3 Å². The fourth-order valence-corrected chi connectivity index (χ4v) is 3.49. The Balaban J connectivity index is 2.01. The van der Waals surface area contributed by atoms with E-state index in [-0.39, 0.29) is 24.1 Å². The summed E-state index contributed by atoms with van der Waals surface area (Å²) in [4.78, 5) is 32.4. The molecule has 0 fully saturated rings. The normalized spacial score (nSPS) is 10.7. The molecular formula is C24H27N5O2. The first-order valence-corrected chi connectivity index (χ1v) is 10.1. The second kappa shape index (κ2) is 9.38. The Hall–Kier alpha value is -3.74. The highest BCUT2D eigenvalue weighted by Crippen LogP contribution is 2.28. The lowest BCUT2D eigenvalue weighted by atomic mass is 9.97. The zero-order valence-corrected chi connectivity index (χ0v) is 18.2. The van der Waals surface area contributed by atoms with E-state index in [4.69, 9.17) is 5.41 Å². The molecule has 0 atom stereocenters. The third-order valence-corrected chi connectivity index (χ3v) is 4.93. The summed E-state index contributed by atoms with van der Waals surface area (Å²) in [6.07, 6.45) is 4.60. The topological polar surface area (TPSA) is 111 Å². The maximum Gasteiger partial charge on any atom is 0.253 e. The van der Waals surface area contributed by atoms with Crippen molar-refractivity contribution >= 4 is 17.8 Å². The van der Waals surface area contributed by atoms with Crippen LogP contribution < -0.4 is 16.2 Å². The van der Waals surface area contributed by atoms with Crippen LogP contribution in [0.2, 0.25) is 0 Å². The van der Waals surface area contributed by atoms with E-state index in [1.54, 1.807) is 18.5 Å². The molecule has 4 N–H and O–H groups in total. The number of carbonyl (C=O) groups is 1. The minimum Gasteiger partial charge on any atom is -0.382 e. The van der Waals surface area contributed by atoms with E-state index in [1.807, 2.05) is 52.0 Å². The number of anilines is 1. The number of nitrogens with one attached hydrogen (secondary N) is 4. The number of hydrogen-bond acceptors (Lipinski definition) is 5. The zero-order valence-electron chi connectivity index (χ0n) is 18.2. The number of H-pyrrole nitrogens is 1. The largest absolute Gasteiger partial charge is 0.382 e. The summed E-state index contributed by atoms with van der Waals surface area (Å²) in [5.74, 6) is -0.351. The van der Waals surface area contributed by atoms with Gasteiger partial charge in [-0.2, -0.15) is 0 Å². The van der Waals surface area contributed by atoms with Gasteiger partial charge in [0.2, 0.25) is 0 Å². The van der Waals surface area contributed by atoms with Crippen molar-refractivity contribution in [3.8, 4) is 11.1 Å². The maximum absolute atomic E-state index is 13.1. The van der Waals surface area contributed by atoms with Crippen LogP contribution in [-0.2, 0) is 6.54 Å². The molecule has 0 spiro atoms. The molecule has 160 valence electrons. The molecule has 31 heavy (non-hydrogen) atoms. The number of aryl methyl sites for hydroxylation is 2. The van der Waals surface area contributed by atoms with E-state index in [1.165, 1.54) is 6.21 Å². The maximum atomic E-state index is 13.1. The van der Waals surface area contributed by atoms with Crippen LogP contribution in [0.5, 0.6) is 0 Å². The van der Waals surface area contributed by atoms with Gasteiger partial charge in [0.25, 0.3) is 11.5 Å². The second-order valence-electron chi connectivity index (χ2n) is 7.80. The lowest BCUT2D eigenvalue weighted by molar-refractivity contribution is 0.0950. The number of hydrogen-bond donors (Lipinski definition) is 4. The SMILES string of the molecule is Cc1cc(C)c(CNC(=O)c2cc(-c3cccnc3)cc(NC(C)C)c2C=N)c(=O)[nH]1. The van der Waals surface area contributed by atoms with Crippen molar-refractivity contribution in [1.29, 1.82) is 5.41 Å². The Morgan fingerprint density at radius 2 is 2.00 bits per heavy atom. The highest BCUT2D eigenvalue weighted by atomic mass is 16.1. The Labute approximate surface area is 181 Å². The smallest absolute Gasteiger partial charge is 0.253 e. The fourth-order valence-electron chi connectivity index (χ4n) is 3.49. The summed E-state index contributed by atoms with van der Waals surface area (Å²) >= 11 is 0. The summed E-state index contributed by atoms with van der Waals surface area (Å²) in [7, 11) is 0.